The van der Waals surface area contributed by atoms with Crippen molar-refractivity contribution < 1.29 is 9.90 Å². The molecule has 0 aliphatic rings. The number of anilines is 1. The van der Waals surface area contributed by atoms with E-state index in [1.165, 1.54) is 0 Å². The molecule has 0 aromatic carbocycles. The van der Waals surface area contributed by atoms with Gasteiger partial charge in [-0.3, -0.25) is 9.78 Å². The first-order valence-electron chi connectivity index (χ1n) is 7.17. The van der Waals surface area contributed by atoms with Crippen molar-refractivity contribution in [1.82, 2.24) is 4.98 Å². The highest BCUT2D eigenvalue weighted by Gasteiger charge is 2.16. The van der Waals surface area contributed by atoms with Crippen LogP contribution in [0.15, 0.2) is 6.07 Å². The van der Waals surface area contributed by atoms with E-state index in [2.05, 4.69) is 30.2 Å². The first kappa shape index (κ1) is 17.0. The Hall–Kier alpha value is -2.09. The Morgan fingerprint density at radius 3 is 2.67 bits per heavy atom. The second-order valence-corrected chi connectivity index (χ2v) is 5.86. The summed E-state index contributed by atoms with van der Waals surface area (Å²) in [5.74, 6) is -0.305. The van der Waals surface area contributed by atoms with Crippen molar-refractivity contribution in [2.75, 3.05) is 11.9 Å². The second-order valence-electron chi connectivity index (χ2n) is 5.86. The highest BCUT2D eigenvalue weighted by atomic mass is 16.4. The lowest BCUT2D eigenvalue weighted by Gasteiger charge is -2.19. The van der Waals surface area contributed by atoms with Crippen LogP contribution in [0.5, 0.6) is 0 Å². The summed E-state index contributed by atoms with van der Waals surface area (Å²) in [5.41, 5.74) is 2.80. The van der Waals surface area contributed by atoms with Crippen LogP contribution in [0.3, 0.4) is 0 Å². The number of nitrogens with one attached hydrogen (secondary N) is 1. The van der Waals surface area contributed by atoms with E-state index in [1.54, 1.807) is 6.92 Å². The molecule has 1 aromatic heterocycles. The topological polar surface area (TPSA) is 86.0 Å². The third-order valence-electron chi connectivity index (χ3n) is 3.29. The minimum atomic E-state index is -0.787. The zero-order valence-corrected chi connectivity index (χ0v) is 13.1. The molecule has 0 saturated heterocycles. The van der Waals surface area contributed by atoms with Crippen LogP contribution in [0, 0.1) is 37.0 Å². The molecular formula is C16H23N3O2. The summed E-state index contributed by atoms with van der Waals surface area (Å²) in [6.07, 6.45) is 0.973. The molecule has 21 heavy (non-hydrogen) atoms. The maximum absolute atomic E-state index is 10.9. The monoisotopic (exact) mass is 289 g/mol. The van der Waals surface area contributed by atoms with Gasteiger partial charge < -0.3 is 10.4 Å². The van der Waals surface area contributed by atoms with Crippen molar-refractivity contribution in [3.05, 3.63) is 23.0 Å². The average Bonchev–Trinajstić information content (AvgIpc) is 2.34. The van der Waals surface area contributed by atoms with E-state index in [0.29, 0.717) is 23.7 Å². The van der Waals surface area contributed by atoms with Crippen LogP contribution in [0.25, 0.3) is 0 Å². The molecule has 0 aliphatic carbocycles. The second kappa shape index (κ2) is 7.63. The molecular weight excluding hydrogens is 266 g/mol. The molecule has 1 aromatic rings. The van der Waals surface area contributed by atoms with Gasteiger partial charge in [-0.1, -0.05) is 13.8 Å². The summed E-state index contributed by atoms with van der Waals surface area (Å²) < 4.78 is 0. The minimum Gasteiger partial charge on any atom is -0.481 e. The van der Waals surface area contributed by atoms with Crippen LogP contribution in [0.2, 0.25) is 0 Å². The van der Waals surface area contributed by atoms with E-state index >= 15 is 0 Å². The normalized spacial score (nSPS) is 12.0. The largest absolute Gasteiger partial charge is 0.481 e. The van der Waals surface area contributed by atoms with E-state index in [9.17, 15) is 10.1 Å². The number of carboxylic acids is 1. The summed E-state index contributed by atoms with van der Waals surface area (Å²) >= 11 is 0. The number of aryl methyl sites for hydroxylation is 2. The van der Waals surface area contributed by atoms with Gasteiger partial charge in [-0.05, 0) is 38.2 Å². The van der Waals surface area contributed by atoms with E-state index in [0.717, 1.165) is 17.8 Å². The van der Waals surface area contributed by atoms with Crippen LogP contribution in [-0.2, 0) is 4.79 Å². The van der Waals surface area contributed by atoms with Gasteiger partial charge in [0.2, 0.25) is 0 Å². The molecule has 0 spiro atoms. The Balaban J connectivity index is 2.84. The summed E-state index contributed by atoms with van der Waals surface area (Å²) in [4.78, 5) is 15.2. The van der Waals surface area contributed by atoms with Crippen LogP contribution >= 0.6 is 0 Å². The number of rotatable bonds is 7. The molecule has 1 rings (SSSR count). The van der Waals surface area contributed by atoms with Gasteiger partial charge in [-0.2, -0.15) is 5.26 Å². The first-order valence-corrected chi connectivity index (χ1v) is 7.17. The zero-order valence-electron chi connectivity index (χ0n) is 13.1. The number of carboxylic acid groups (broad SMARTS) is 1. The van der Waals surface area contributed by atoms with Crippen molar-refractivity contribution in [3.63, 3.8) is 0 Å². The van der Waals surface area contributed by atoms with Gasteiger partial charge in [0.1, 0.15) is 6.07 Å². The zero-order chi connectivity index (χ0) is 16.0. The van der Waals surface area contributed by atoms with E-state index < -0.39 is 5.97 Å². The van der Waals surface area contributed by atoms with Gasteiger partial charge in [0.15, 0.2) is 0 Å². The number of nitrogens with zero attached hydrogens (tertiary/aromatic N) is 2. The highest BCUT2D eigenvalue weighted by Crippen LogP contribution is 2.21. The molecule has 0 saturated carbocycles. The van der Waals surface area contributed by atoms with Crippen LogP contribution < -0.4 is 5.32 Å². The Morgan fingerprint density at radius 2 is 2.14 bits per heavy atom. The standard InChI is InChI=1S/C16H23N3O2/c1-10(2)5-13(7-16(20)21)9-18-15-6-11(3)19-12(4)14(15)8-17/h6,10,13H,5,7,9H2,1-4H3,(H,18,19)(H,20,21). The van der Waals surface area contributed by atoms with Gasteiger partial charge in [0.25, 0.3) is 0 Å². The fourth-order valence-corrected chi connectivity index (χ4v) is 2.52. The molecule has 2 N–H and O–H groups in total. The Kier molecular flexibility index (Phi) is 6.16. The molecule has 0 fully saturated rings. The molecule has 1 heterocycles. The van der Waals surface area contributed by atoms with Crippen LogP contribution in [0.4, 0.5) is 5.69 Å². The molecule has 5 heteroatoms. The lowest BCUT2D eigenvalue weighted by Crippen LogP contribution is -2.20. The van der Waals surface area contributed by atoms with E-state index in [4.69, 9.17) is 5.11 Å². The van der Waals surface area contributed by atoms with Gasteiger partial charge >= 0.3 is 5.97 Å². The van der Waals surface area contributed by atoms with Crippen LogP contribution in [-0.4, -0.2) is 22.6 Å². The predicted octanol–water partition coefficient (Wildman–Crippen LogP) is 3.12. The number of hydrogen-bond donors (Lipinski definition) is 2. The number of aliphatic carboxylic acids is 1. The predicted molar refractivity (Wildman–Crippen MR) is 82.1 cm³/mol. The van der Waals surface area contributed by atoms with Crippen molar-refractivity contribution in [1.29, 1.82) is 5.26 Å². The Labute approximate surface area is 126 Å². The lowest BCUT2D eigenvalue weighted by molar-refractivity contribution is -0.138. The Morgan fingerprint density at radius 1 is 1.48 bits per heavy atom. The fraction of sp³-hybridized carbons (Fsp3) is 0.562. The number of carbonyl (C=O) groups is 1. The molecule has 0 bridgehead atoms. The van der Waals surface area contributed by atoms with Crippen molar-refractivity contribution in [2.45, 2.75) is 40.5 Å². The van der Waals surface area contributed by atoms with Crippen molar-refractivity contribution >= 4 is 11.7 Å². The van der Waals surface area contributed by atoms with Gasteiger partial charge in [0.05, 0.1) is 16.9 Å². The quantitative estimate of drug-likeness (QED) is 0.805. The average molecular weight is 289 g/mol. The maximum Gasteiger partial charge on any atom is 0.303 e. The van der Waals surface area contributed by atoms with E-state index in [-0.39, 0.29) is 12.3 Å². The SMILES string of the molecule is Cc1cc(NCC(CC(=O)O)CC(C)C)c(C#N)c(C)n1. The van der Waals surface area contributed by atoms with Gasteiger partial charge in [0, 0.05) is 18.7 Å². The third kappa shape index (κ3) is 5.42. The molecule has 0 radical (unpaired) electrons. The number of aromatic nitrogens is 1. The summed E-state index contributed by atoms with van der Waals surface area (Å²) in [6, 6.07) is 3.99. The molecule has 5 nitrogen and oxygen atoms in total. The lowest BCUT2D eigenvalue weighted by atomic mass is 9.94. The summed E-state index contributed by atoms with van der Waals surface area (Å²) in [5, 5.41) is 21.4. The van der Waals surface area contributed by atoms with E-state index in [1.807, 2.05) is 13.0 Å². The third-order valence-corrected chi connectivity index (χ3v) is 3.29. The highest BCUT2D eigenvalue weighted by molar-refractivity contribution is 5.67. The summed E-state index contributed by atoms with van der Waals surface area (Å²) in [6.45, 7) is 8.39. The summed E-state index contributed by atoms with van der Waals surface area (Å²) in [7, 11) is 0. The van der Waals surface area contributed by atoms with Gasteiger partial charge in [-0.25, -0.2) is 0 Å². The first-order chi connectivity index (χ1) is 9.83. The molecule has 1 unspecified atom stereocenters. The smallest absolute Gasteiger partial charge is 0.303 e. The fourth-order valence-electron chi connectivity index (χ4n) is 2.52. The Bertz CT molecular complexity index is 547. The minimum absolute atomic E-state index is 0.0443. The number of nitriles is 1. The molecule has 0 amide bonds. The maximum atomic E-state index is 10.9. The van der Waals surface area contributed by atoms with Crippen molar-refractivity contribution in [3.8, 4) is 6.07 Å². The number of hydrogen-bond acceptors (Lipinski definition) is 4. The van der Waals surface area contributed by atoms with Gasteiger partial charge in [-0.15, -0.1) is 0 Å². The van der Waals surface area contributed by atoms with Crippen LogP contribution in [0.1, 0.15) is 43.6 Å². The van der Waals surface area contributed by atoms with Crippen molar-refractivity contribution in [2.24, 2.45) is 11.8 Å². The molecule has 114 valence electrons. The number of pyridine rings is 1. The molecule has 1 atom stereocenters. The molecule has 0 aliphatic heterocycles.